The number of carbonyl (C=O) groups is 2. The van der Waals surface area contributed by atoms with Gasteiger partial charge < -0.3 is 15.2 Å². The van der Waals surface area contributed by atoms with Crippen LogP contribution in [0.15, 0.2) is 18.2 Å². The van der Waals surface area contributed by atoms with E-state index in [1.807, 2.05) is 25.1 Å². The molecule has 1 fully saturated rings. The molecule has 0 radical (unpaired) electrons. The predicted molar refractivity (Wildman–Crippen MR) is 87.8 cm³/mol. The average molecular weight is 319 g/mol. The first kappa shape index (κ1) is 17.3. The zero-order valence-electron chi connectivity index (χ0n) is 13.9. The van der Waals surface area contributed by atoms with E-state index in [4.69, 9.17) is 9.84 Å². The lowest BCUT2D eigenvalue weighted by Gasteiger charge is -2.29. The second-order valence-corrected chi connectivity index (χ2v) is 6.23. The molecule has 5 nitrogen and oxygen atoms in total. The van der Waals surface area contributed by atoms with Gasteiger partial charge in [-0.15, -0.1) is 0 Å². The van der Waals surface area contributed by atoms with E-state index < -0.39 is 11.4 Å². The van der Waals surface area contributed by atoms with Gasteiger partial charge in [-0.3, -0.25) is 9.59 Å². The van der Waals surface area contributed by atoms with Crippen LogP contribution in [0, 0.1) is 6.92 Å². The minimum atomic E-state index is -0.835. The minimum Gasteiger partial charge on any atom is -0.496 e. The quantitative estimate of drug-likeness (QED) is 0.758. The molecule has 126 valence electrons. The molecule has 2 N–H and O–H groups in total. The number of aryl methyl sites for hydroxylation is 1. The molecule has 0 unspecified atom stereocenters. The summed E-state index contributed by atoms with van der Waals surface area (Å²) in [6.45, 7) is 2.38. The topological polar surface area (TPSA) is 75.6 Å². The maximum Gasteiger partial charge on any atom is 0.303 e. The van der Waals surface area contributed by atoms with Gasteiger partial charge in [-0.2, -0.15) is 0 Å². The fourth-order valence-corrected chi connectivity index (χ4v) is 3.35. The van der Waals surface area contributed by atoms with Crippen molar-refractivity contribution in [1.29, 1.82) is 0 Å². The van der Waals surface area contributed by atoms with Gasteiger partial charge in [-0.25, -0.2) is 0 Å². The van der Waals surface area contributed by atoms with Gasteiger partial charge in [0.05, 0.1) is 12.5 Å². The van der Waals surface area contributed by atoms with E-state index in [1.165, 1.54) is 0 Å². The van der Waals surface area contributed by atoms with E-state index in [-0.39, 0.29) is 12.3 Å². The number of hydrogen-bond donors (Lipinski definition) is 2. The van der Waals surface area contributed by atoms with Crippen LogP contribution in [0.2, 0.25) is 0 Å². The second-order valence-electron chi connectivity index (χ2n) is 6.23. The zero-order chi connectivity index (χ0) is 16.9. The summed E-state index contributed by atoms with van der Waals surface area (Å²) >= 11 is 0. The Morgan fingerprint density at radius 2 is 2.00 bits per heavy atom. The third-order valence-corrected chi connectivity index (χ3v) is 4.71. The normalized spacial score (nSPS) is 16.1. The van der Waals surface area contributed by atoms with Crippen LogP contribution < -0.4 is 10.1 Å². The van der Waals surface area contributed by atoms with Crippen molar-refractivity contribution in [3.63, 3.8) is 0 Å². The van der Waals surface area contributed by atoms with Crippen LogP contribution in [-0.4, -0.2) is 30.6 Å². The molecule has 1 saturated carbocycles. The van der Waals surface area contributed by atoms with E-state index in [2.05, 4.69) is 5.32 Å². The predicted octanol–water partition coefficient (Wildman–Crippen LogP) is 2.80. The Balaban J connectivity index is 2.15. The SMILES string of the molecule is COc1cc(C2(C(=O)NCCCC(=O)O)CCCC2)ccc1C. The molecule has 1 aliphatic carbocycles. The van der Waals surface area contributed by atoms with Gasteiger partial charge in [0.15, 0.2) is 0 Å². The summed E-state index contributed by atoms with van der Waals surface area (Å²) in [5, 5.41) is 11.6. The second kappa shape index (κ2) is 7.49. The van der Waals surface area contributed by atoms with Crippen LogP contribution in [-0.2, 0) is 15.0 Å². The van der Waals surface area contributed by atoms with E-state index in [9.17, 15) is 9.59 Å². The van der Waals surface area contributed by atoms with E-state index >= 15 is 0 Å². The number of ether oxygens (including phenoxy) is 1. The van der Waals surface area contributed by atoms with Gasteiger partial charge in [0, 0.05) is 13.0 Å². The van der Waals surface area contributed by atoms with E-state index in [0.29, 0.717) is 13.0 Å². The number of aliphatic carboxylic acids is 1. The van der Waals surface area contributed by atoms with Gasteiger partial charge in [0.1, 0.15) is 5.75 Å². The molecule has 1 aromatic rings. The van der Waals surface area contributed by atoms with Gasteiger partial charge in [-0.05, 0) is 43.4 Å². The average Bonchev–Trinajstić information content (AvgIpc) is 3.02. The molecule has 1 aromatic carbocycles. The molecule has 0 heterocycles. The molecule has 23 heavy (non-hydrogen) atoms. The summed E-state index contributed by atoms with van der Waals surface area (Å²) in [6, 6.07) is 5.98. The molecule has 0 aliphatic heterocycles. The van der Waals surface area contributed by atoms with E-state index in [1.54, 1.807) is 7.11 Å². The van der Waals surface area contributed by atoms with Crippen molar-refractivity contribution in [2.45, 2.75) is 50.9 Å². The van der Waals surface area contributed by atoms with Crippen molar-refractivity contribution in [3.8, 4) is 5.75 Å². The lowest BCUT2D eigenvalue weighted by molar-refractivity contribution is -0.137. The Labute approximate surface area is 137 Å². The van der Waals surface area contributed by atoms with Crippen molar-refractivity contribution in [1.82, 2.24) is 5.32 Å². The number of nitrogens with one attached hydrogen (secondary N) is 1. The van der Waals surface area contributed by atoms with Crippen molar-refractivity contribution in [2.24, 2.45) is 0 Å². The fraction of sp³-hybridized carbons (Fsp3) is 0.556. The summed E-state index contributed by atoms with van der Waals surface area (Å²) in [5.41, 5.74) is 1.53. The number of amides is 1. The number of carbonyl (C=O) groups excluding carboxylic acids is 1. The van der Waals surface area contributed by atoms with Crippen molar-refractivity contribution in [3.05, 3.63) is 29.3 Å². The molecular formula is C18H25NO4. The summed E-state index contributed by atoms with van der Waals surface area (Å²) < 4.78 is 5.40. The lowest BCUT2D eigenvalue weighted by atomic mass is 9.77. The van der Waals surface area contributed by atoms with Gasteiger partial charge in [0.25, 0.3) is 0 Å². The fourth-order valence-electron chi connectivity index (χ4n) is 3.35. The number of carboxylic acids is 1. The third-order valence-electron chi connectivity index (χ3n) is 4.71. The molecule has 0 saturated heterocycles. The maximum absolute atomic E-state index is 12.8. The van der Waals surface area contributed by atoms with Gasteiger partial charge in [0.2, 0.25) is 5.91 Å². The Morgan fingerprint density at radius 3 is 2.61 bits per heavy atom. The Hall–Kier alpha value is -2.04. The number of methoxy groups -OCH3 is 1. The van der Waals surface area contributed by atoms with Crippen LogP contribution in [0.4, 0.5) is 0 Å². The summed E-state index contributed by atoms with van der Waals surface area (Å²) in [6.07, 6.45) is 4.23. The molecule has 1 aliphatic rings. The van der Waals surface area contributed by atoms with Gasteiger partial charge >= 0.3 is 5.97 Å². The molecule has 0 aromatic heterocycles. The Bertz CT molecular complexity index is 576. The highest BCUT2D eigenvalue weighted by Gasteiger charge is 2.42. The summed E-state index contributed by atoms with van der Waals surface area (Å²) in [4.78, 5) is 23.4. The molecule has 2 rings (SSSR count). The largest absolute Gasteiger partial charge is 0.496 e. The summed E-state index contributed by atoms with van der Waals surface area (Å²) in [5.74, 6) is -0.0307. The minimum absolute atomic E-state index is 0.00583. The first-order chi connectivity index (χ1) is 11.0. The highest BCUT2D eigenvalue weighted by atomic mass is 16.5. The summed E-state index contributed by atoms with van der Waals surface area (Å²) in [7, 11) is 1.64. The zero-order valence-corrected chi connectivity index (χ0v) is 13.9. The first-order valence-corrected chi connectivity index (χ1v) is 8.15. The smallest absolute Gasteiger partial charge is 0.303 e. The maximum atomic E-state index is 12.8. The van der Waals surface area contributed by atoms with Crippen molar-refractivity contribution < 1.29 is 19.4 Å². The highest BCUT2D eigenvalue weighted by molar-refractivity contribution is 5.88. The Kier molecular flexibility index (Phi) is 5.64. The third kappa shape index (κ3) is 3.84. The van der Waals surface area contributed by atoms with Crippen LogP contribution in [0.1, 0.15) is 49.7 Å². The lowest BCUT2D eigenvalue weighted by Crippen LogP contribution is -2.43. The highest BCUT2D eigenvalue weighted by Crippen LogP contribution is 2.42. The monoisotopic (exact) mass is 319 g/mol. The van der Waals surface area contributed by atoms with Crippen LogP contribution in [0.25, 0.3) is 0 Å². The number of rotatable bonds is 7. The number of carboxylic acid groups (broad SMARTS) is 1. The van der Waals surface area contributed by atoms with Crippen LogP contribution in [0.3, 0.4) is 0 Å². The molecular weight excluding hydrogens is 294 g/mol. The molecule has 0 bridgehead atoms. The molecule has 5 heteroatoms. The standard InChI is InChI=1S/C18H25NO4/c1-13-7-8-14(12-15(13)23-2)18(9-3-4-10-18)17(22)19-11-5-6-16(20)21/h7-8,12H,3-6,9-11H2,1-2H3,(H,19,22)(H,20,21). The first-order valence-electron chi connectivity index (χ1n) is 8.15. The molecule has 0 spiro atoms. The van der Waals surface area contributed by atoms with Crippen molar-refractivity contribution in [2.75, 3.05) is 13.7 Å². The van der Waals surface area contributed by atoms with Crippen LogP contribution >= 0.6 is 0 Å². The van der Waals surface area contributed by atoms with E-state index in [0.717, 1.165) is 42.6 Å². The van der Waals surface area contributed by atoms with Crippen LogP contribution in [0.5, 0.6) is 5.75 Å². The number of benzene rings is 1. The van der Waals surface area contributed by atoms with Gasteiger partial charge in [-0.1, -0.05) is 25.0 Å². The Morgan fingerprint density at radius 1 is 1.30 bits per heavy atom. The molecule has 1 amide bonds. The number of hydrogen-bond acceptors (Lipinski definition) is 3. The van der Waals surface area contributed by atoms with Crippen molar-refractivity contribution >= 4 is 11.9 Å². The molecule has 0 atom stereocenters.